The monoisotopic (exact) mass is 265 g/mol. The van der Waals surface area contributed by atoms with Crippen molar-refractivity contribution in [2.24, 2.45) is 0 Å². The molecule has 0 saturated carbocycles. The molecule has 0 spiro atoms. The number of methoxy groups -OCH3 is 1. The highest BCUT2D eigenvalue weighted by molar-refractivity contribution is 5.09. The molecule has 0 aliphatic rings. The summed E-state index contributed by atoms with van der Waals surface area (Å²) in [6.45, 7) is 6.04. The second-order valence-corrected chi connectivity index (χ2v) is 4.90. The Kier molecular flexibility index (Phi) is 8.38. The van der Waals surface area contributed by atoms with E-state index in [1.807, 2.05) is 12.4 Å². The van der Waals surface area contributed by atoms with Gasteiger partial charge in [-0.1, -0.05) is 6.92 Å². The quantitative estimate of drug-likeness (QED) is 0.652. The van der Waals surface area contributed by atoms with Crippen LogP contribution in [0.4, 0.5) is 0 Å². The van der Waals surface area contributed by atoms with Gasteiger partial charge in [0.25, 0.3) is 0 Å². The molecule has 0 aromatic carbocycles. The molecule has 1 N–H and O–H groups in total. The normalized spacial score (nSPS) is 12.8. The Labute approximate surface area is 117 Å². The van der Waals surface area contributed by atoms with Gasteiger partial charge in [0.15, 0.2) is 0 Å². The number of aromatic nitrogens is 1. The lowest BCUT2D eigenvalue weighted by atomic mass is 10.1. The largest absolute Gasteiger partial charge is 0.383 e. The molecule has 0 radical (unpaired) electrons. The molecule has 1 rings (SSSR count). The minimum Gasteiger partial charge on any atom is -0.383 e. The van der Waals surface area contributed by atoms with Crippen molar-refractivity contribution in [1.82, 2.24) is 15.2 Å². The van der Waals surface area contributed by atoms with Crippen LogP contribution in [0.25, 0.3) is 0 Å². The fourth-order valence-electron chi connectivity index (χ4n) is 2.02. The predicted octanol–water partition coefficient (Wildman–Crippen LogP) is 1.57. The lowest BCUT2D eigenvalue weighted by molar-refractivity contribution is 0.106. The van der Waals surface area contributed by atoms with Crippen molar-refractivity contribution in [2.75, 3.05) is 40.4 Å². The molecule has 19 heavy (non-hydrogen) atoms. The molecule has 0 amide bonds. The summed E-state index contributed by atoms with van der Waals surface area (Å²) in [6, 6.07) is 4.58. The number of nitrogens with one attached hydrogen (secondary N) is 1. The molecule has 1 aromatic heterocycles. The van der Waals surface area contributed by atoms with Crippen LogP contribution in [0.3, 0.4) is 0 Å². The van der Waals surface area contributed by atoms with Gasteiger partial charge in [0.2, 0.25) is 0 Å². The van der Waals surface area contributed by atoms with Crippen molar-refractivity contribution in [3.05, 3.63) is 30.1 Å². The Hall–Kier alpha value is -0.970. The van der Waals surface area contributed by atoms with Gasteiger partial charge in [-0.2, -0.15) is 0 Å². The summed E-state index contributed by atoms with van der Waals surface area (Å²) in [7, 11) is 3.93. The van der Waals surface area contributed by atoms with Crippen LogP contribution in [-0.4, -0.2) is 56.3 Å². The second kappa shape index (κ2) is 9.89. The van der Waals surface area contributed by atoms with Crippen LogP contribution in [0.15, 0.2) is 24.5 Å². The molecule has 0 aliphatic heterocycles. The summed E-state index contributed by atoms with van der Waals surface area (Å²) in [6.07, 6.45) is 5.92. The van der Waals surface area contributed by atoms with Crippen molar-refractivity contribution in [2.45, 2.75) is 25.8 Å². The van der Waals surface area contributed by atoms with E-state index in [1.165, 1.54) is 12.0 Å². The van der Waals surface area contributed by atoms with Crippen molar-refractivity contribution in [3.63, 3.8) is 0 Å². The maximum Gasteiger partial charge on any atom is 0.0630 e. The first-order valence-corrected chi connectivity index (χ1v) is 7.06. The van der Waals surface area contributed by atoms with Gasteiger partial charge in [0, 0.05) is 38.6 Å². The third-order valence-electron chi connectivity index (χ3n) is 3.29. The van der Waals surface area contributed by atoms with E-state index in [4.69, 9.17) is 4.74 Å². The first-order valence-electron chi connectivity index (χ1n) is 7.06. The van der Waals surface area contributed by atoms with Crippen molar-refractivity contribution < 1.29 is 4.74 Å². The number of ether oxygens (including phenoxy) is 1. The number of hydrogen-bond donors (Lipinski definition) is 1. The summed E-state index contributed by atoms with van der Waals surface area (Å²) >= 11 is 0. The minimum absolute atomic E-state index is 0.429. The van der Waals surface area contributed by atoms with E-state index >= 15 is 0 Å². The summed E-state index contributed by atoms with van der Waals surface area (Å²) < 4.78 is 5.32. The number of rotatable bonds is 10. The lowest BCUT2D eigenvalue weighted by Gasteiger charge is -2.27. The Morgan fingerprint density at radius 1 is 1.37 bits per heavy atom. The zero-order valence-corrected chi connectivity index (χ0v) is 12.4. The van der Waals surface area contributed by atoms with Crippen LogP contribution >= 0.6 is 0 Å². The van der Waals surface area contributed by atoms with Gasteiger partial charge >= 0.3 is 0 Å². The Bertz CT molecular complexity index is 318. The number of nitrogens with zero attached hydrogens (tertiary/aromatic N) is 2. The summed E-state index contributed by atoms with van der Waals surface area (Å²) in [5, 5.41) is 3.47. The van der Waals surface area contributed by atoms with Crippen LogP contribution in [-0.2, 0) is 11.2 Å². The van der Waals surface area contributed by atoms with Crippen LogP contribution in [0.1, 0.15) is 18.9 Å². The van der Waals surface area contributed by atoms with Gasteiger partial charge in [-0.25, -0.2) is 0 Å². The molecule has 0 bridgehead atoms. The Morgan fingerprint density at radius 3 is 2.74 bits per heavy atom. The highest BCUT2D eigenvalue weighted by Gasteiger charge is 2.13. The molecular weight excluding hydrogens is 238 g/mol. The van der Waals surface area contributed by atoms with E-state index in [2.05, 4.69) is 41.3 Å². The van der Waals surface area contributed by atoms with E-state index < -0.39 is 0 Å². The molecule has 4 nitrogen and oxygen atoms in total. The SMILES string of the molecule is CCCNCC(COC)N(C)CCc1ccncc1. The van der Waals surface area contributed by atoms with Gasteiger partial charge in [-0.15, -0.1) is 0 Å². The number of likely N-dealkylation sites (N-methyl/N-ethyl adjacent to an activating group) is 1. The van der Waals surface area contributed by atoms with Crippen LogP contribution in [0.5, 0.6) is 0 Å². The van der Waals surface area contributed by atoms with E-state index in [9.17, 15) is 0 Å². The lowest BCUT2D eigenvalue weighted by Crippen LogP contribution is -2.44. The maximum absolute atomic E-state index is 5.32. The molecule has 108 valence electrons. The second-order valence-electron chi connectivity index (χ2n) is 4.90. The van der Waals surface area contributed by atoms with Crippen molar-refractivity contribution in [1.29, 1.82) is 0 Å². The molecule has 1 aromatic rings. The van der Waals surface area contributed by atoms with Gasteiger partial charge in [-0.3, -0.25) is 9.88 Å². The molecular formula is C15H27N3O. The zero-order valence-electron chi connectivity index (χ0n) is 12.4. The average molecular weight is 265 g/mol. The van der Waals surface area contributed by atoms with E-state index in [0.29, 0.717) is 6.04 Å². The third-order valence-corrected chi connectivity index (χ3v) is 3.29. The maximum atomic E-state index is 5.32. The Morgan fingerprint density at radius 2 is 2.11 bits per heavy atom. The van der Waals surface area contributed by atoms with Gasteiger partial charge in [0.1, 0.15) is 0 Å². The first-order chi connectivity index (χ1) is 9.27. The fourth-order valence-corrected chi connectivity index (χ4v) is 2.02. The van der Waals surface area contributed by atoms with E-state index in [-0.39, 0.29) is 0 Å². The van der Waals surface area contributed by atoms with Crippen molar-refractivity contribution >= 4 is 0 Å². The highest BCUT2D eigenvalue weighted by atomic mass is 16.5. The predicted molar refractivity (Wildman–Crippen MR) is 79.4 cm³/mol. The smallest absolute Gasteiger partial charge is 0.0630 e. The zero-order chi connectivity index (χ0) is 13.9. The summed E-state index contributed by atoms with van der Waals surface area (Å²) in [5.74, 6) is 0. The topological polar surface area (TPSA) is 37.4 Å². The minimum atomic E-state index is 0.429. The van der Waals surface area contributed by atoms with Crippen LogP contribution in [0, 0.1) is 0 Å². The van der Waals surface area contributed by atoms with Crippen LogP contribution in [0.2, 0.25) is 0 Å². The molecule has 4 heteroatoms. The van der Waals surface area contributed by atoms with Gasteiger partial charge in [0.05, 0.1) is 6.61 Å². The van der Waals surface area contributed by atoms with Gasteiger partial charge in [-0.05, 0) is 44.1 Å². The van der Waals surface area contributed by atoms with Crippen LogP contribution < -0.4 is 5.32 Å². The molecule has 0 saturated heterocycles. The van der Waals surface area contributed by atoms with E-state index in [0.717, 1.165) is 32.7 Å². The average Bonchev–Trinajstić information content (AvgIpc) is 2.45. The van der Waals surface area contributed by atoms with E-state index in [1.54, 1.807) is 7.11 Å². The number of hydrogen-bond acceptors (Lipinski definition) is 4. The molecule has 0 aliphatic carbocycles. The van der Waals surface area contributed by atoms with Gasteiger partial charge < -0.3 is 10.1 Å². The molecule has 1 unspecified atom stereocenters. The molecule has 1 heterocycles. The number of pyridine rings is 1. The highest BCUT2D eigenvalue weighted by Crippen LogP contribution is 2.02. The van der Waals surface area contributed by atoms with Crippen molar-refractivity contribution in [3.8, 4) is 0 Å². The summed E-state index contributed by atoms with van der Waals surface area (Å²) in [5.41, 5.74) is 1.33. The summed E-state index contributed by atoms with van der Waals surface area (Å²) in [4.78, 5) is 6.41. The molecule has 1 atom stereocenters. The Balaban J connectivity index is 2.36. The standard InChI is InChI=1S/C15H27N3O/c1-4-8-17-12-15(13-19-3)18(2)11-7-14-5-9-16-10-6-14/h5-6,9-10,15,17H,4,7-8,11-13H2,1-3H3. The third kappa shape index (κ3) is 6.66. The first kappa shape index (κ1) is 16.1. The molecule has 0 fully saturated rings. The fraction of sp³-hybridized carbons (Fsp3) is 0.667.